The van der Waals surface area contributed by atoms with Crippen LogP contribution in [0.15, 0.2) is 48.7 Å². The number of nitro groups is 1. The molecule has 0 fully saturated rings. The summed E-state index contributed by atoms with van der Waals surface area (Å²) >= 11 is 0. The molecule has 0 bridgehead atoms. The van der Waals surface area contributed by atoms with Crippen LogP contribution >= 0.6 is 0 Å². The molecule has 76 valence electrons. The minimum absolute atomic E-state index is 0.137. The minimum atomic E-state index is -0.360. The second-order valence-electron chi connectivity index (χ2n) is 3.17. The monoisotopic (exact) mass is 202 g/mol. The van der Waals surface area contributed by atoms with Gasteiger partial charge in [0.05, 0.1) is 4.92 Å². The highest BCUT2D eigenvalue weighted by Gasteiger charge is 2.16. The topological polar surface area (TPSA) is 46.4 Å². The van der Waals surface area contributed by atoms with Crippen molar-refractivity contribution >= 4 is 11.4 Å². The Kier molecular flexibility index (Phi) is 2.49. The Bertz CT molecular complexity index is 438. The average molecular weight is 202 g/mol. The molecular formula is C11H10N2O2. The van der Waals surface area contributed by atoms with Gasteiger partial charge in [-0.1, -0.05) is 24.3 Å². The van der Waals surface area contributed by atoms with E-state index in [1.54, 1.807) is 18.2 Å². The Hall–Kier alpha value is -2.10. The fourth-order valence-corrected chi connectivity index (χ4v) is 1.51. The number of nitro benzene ring substituents is 1. The van der Waals surface area contributed by atoms with E-state index in [0.29, 0.717) is 12.2 Å². The van der Waals surface area contributed by atoms with E-state index in [4.69, 9.17) is 0 Å². The van der Waals surface area contributed by atoms with E-state index in [9.17, 15) is 10.1 Å². The molecular weight excluding hydrogens is 192 g/mol. The third-order valence-electron chi connectivity index (χ3n) is 2.20. The molecule has 1 aromatic carbocycles. The summed E-state index contributed by atoms with van der Waals surface area (Å²) in [6.07, 6.45) is 7.57. The van der Waals surface area contributed by atoms with Crippen molar-refractivity contribution in [2.45, 2.75) is 0 Å². The highest BCUT2D eigenvalue weighted by molar-refractivity contribution is 5.65. The van der Waals surface area contributed by atoms with Crippen LogP contribution in [-0.4, -0.2) is 11.5 Å². The fourth-order valence-electron chi connectivity index (χ4n) is 1.51. The summed E-state index contributed by atoms with van der Waals surface area (Å²) in [5.74, 6) is 0. The van der Waals surface area contributed by atoms with E-state index in [1.807, 2.05) is 29.3 Å². The summed E-state index contributed by atoms with van der Waals surface area (Å²) in [5, 5.41) is 10.8. The van der Waals surface area contributed by atoms with Gasteiger partial charge >= 0.3 is 0 Å². The van der Waals surface area contributed by atoms with Crippen LogP contribution in [0, 0.1) is 10.1 Å². The van der Waals surface area contributed by atoms with Gasteiger partial charge in [-0.25, -0.2) is 0 Å². The van der Waals surface area contributed by atoms with Gasteiger partial charge in [-0.2, -0.15) is 0 Å². The lowest BCUT2D eigenvalue weighted by molar-refractivity contribution is -0.384. The molecule has 0 aromatic heterocycles. The van der Waals surface area contributed by atoms with Gasteiger partial charge in [0.15, 0.2) is 0 Å². The van der Waals surface area contributed by atoms with E-state index in [2.05, 4.69) is 0 Å². The minimum Gasteiger partial charge on any atom is -0.339 e. The summed E-state index contributed by atoms with van der Waals surface area (Å²) in [7, 11) is 0. The van der Waals surface area contributed by atoms with Crippen LogP contribution in [0.3, 0.4) is 0 Å². The van der Waals surface area contributed by atoms with Gasteiger partial charge in [-0.3, -0.25) is 10.1 Å². The smallest absolute Gasteiger partial charge is 0.292 e. The van der Waals surface area contributed by atoms with E-state index < -0.39 is 0 Å². The highest BCUT2D eigenvalue weighted by atomic mass is 16.6. The summed E-state index contributed by atoms with van der Waals surface area (Å²) < 4.78 is 0. The standard InChI is InChI=1S/C11H10N2O2/c14-13(15)11-7-3-2-6-10(11)12-8-4-1-5-9-12/h1-8H,9H2. The molecule has 0 amide bonds. The normalized spacial score (nSPS) is 14.3. The van der Waals surface area contributed by atoms with Crippen molar-refractivity contribution in [3.05, 3.63) is 58.8 Å². The molecule has 4 heteroatoms. The molecule has 1 heterocycles. The van der Waals surface area contributed by atoms with E-state index in [0.717, 1.165) is 0 Å². The molecule has 1 aromatic rings. The molecule has 0 aliphatic carbocycles. The molecule has 0 saturated heterocycles. The molecule has 0 N–H and O–H groups in total. The number of rotatable bonds is 2. The first-order chi connectivity index (χ1) is 7.29. The van der Waals surface area contributed by atoms with Gasteiger partial charge in [-0.05, 0) is 12.1 Å². The van der Waals surface area contributed by atoms with Gasteiger partial charge in [0.1, 0.15) is 5.69 Å². The highest BCUT2D eigenvalue weighted by Crippen LogP contribution is 2.28. The van der Waals surface area contributed by atoms with Gasteiger partial charge in [0, 0.05) is 18.8 Å². The lowest BCUT2D eigenvalue weighted by Gasteiger charge is -2.19. The Balaban J connectivity index is 2.39. The van der Waals surface area contributed by atoms with Crippen LogP contribution < -0.4 is 4.90 Å². The fraction of sp³-hybridized carbons (Fsp3) is 0.0909. The van der Waals surface area contributed by atoms with Crippen molar-refractivity contribution in [1.82, 2.24) is 0 Å². The van der Waals surface area contributed by atoms with Gasteiger partial charge in [0.2, 0.25) is 0 Å². The maximum absolute atomic E-state index is 10.8. The first-order valence-corrected chi connectivity index (χ1v) is 4.62. The van der Waals surface area contributed by atoms with Crippen molar-refractivity contribution in [2.24, 2.45) is 0 Å². The molecule has 15 heavy (non-hydrogen) atoms. The zero-order valence-corrected chi connectivity index (χ0v) is 8.04. The predicted octanol–water partition coefficient (Wildman–Crippen LogP) is 2.48. The number of hydrogen-bond acceptors (Lipinski definition) is 3. The summed E-state index contributed by atoms with van der Waals surface area (Å²) in [5.41, 5.74) is 0.764. The Morgan fingerprint density at radius 2 is 2.07 bits per heavy atom. The van der Waals surface area contributed by atoms with Crippen molar-refractivity contribution in [3.8, 4) is 0 Å². The molecule has 1 aliphatic rings. The molecule has 0 spiro atoms. The first-order valence-electron chi connectivity index (χ1n) is 4.62. The van der Waals surface area contributed by atoms with Gasteiger partial charge < -0.3 is 4.90 Å². The van der Waals surface area contributed by atoms with Crippen molar-refractivity contribution in [2.75, 3.05) is 11.4 Å². The van der Waals surface area contributed by atoms with Crippen LogP contribution in [-0.2, 0) is 0 Å². The van der Waals surface area contributed by atoms with E-state index >= 15 is 0 Å². The Morgan fingerprint density at radius 3 is 2.73 bits per heavy atom. The molecule has 2 rings (SSSR count). The van der Waals surface area contributed by atoms with Crippen LogP contribution in [0.5, 0.6) is 0 Å². The molecule has 0 radical (unpaired) electrons. The third kappa shape index (κ3) is 1.88. The zero-order chi connectivity index (χ0) is 10.7. The Labute approximate surface area is 87.3 Å². The van der Waals surface area contributed by atoms with Gasteiger partial charge in [-0.15, -0.1) is 0 Å². The number of nitrogens with zero attached hydrogens (tertiary/aromatic N) is 2. The van der Waals surface area contributed by atoms with Crippen LogP contribution in [0.2, 0.25) is 0 Å². The number of benzene rings is 1. The van der Waals surface area contributed by atoms with Crippen LogP contribution in [0.25, 0.3) is 0 Å². The number of anilines is 1. The number of hydrogen-bond donors (Lipinski definition) is 0. The third-order valence-corrected chi connectivity index (χ3v) is 2.20. The lowest BCUT2D eigenvalue weighted by Crippen LogP contribution is -2.18. The Morgan fingerprint density at radius 1 is 1.27 bits per heavy atom. The number of allylic oxidation sites excluding steroid dienone is 2. The maximum atomic E-state index is 10.8. The largest absolute Gasteiger partial charge is 0.339 e. The molecule has 1 aliphatic heterocycles. The quantitative estimate of drug-likeness (QED) is 0.546. The lowest BCUT2D eigenvalue weighted by atomic mass is 10.2. The molecule has 4 nitrogen and oxygen atoms in total. The van der Waals surface area contributed by atoms with E-state index in [1.165, 1.54) is 6.07 Å². The molecule has 0 atom stereocenters. The molecule has 0 saturated carbocycles. The van der Waals surface area contributed by atoms with Crippen LogP contribution in [0.4, 0.5) is 11.4 Å². The zero-order valence-electron chi connectivity index (χ0n) is 8.04. The number of para-hydroxylation sites is 2. The summed E-state index contributed by atoms with van der Waals surface area (Å²) in [4.78, 5) is 12.3. The average Bonchev–Trinajstić information content (AvgIpc) is 2.30. The van der Waals surface area contributed by atoms with E-state index in [-0.39, 0.29) is 10.6 Å². The SMILES string of the molecule is O=[N+]([O-])c1ccccc1N1C=CC=CC1. The first kappa shape index (κ1) is 9.45. The predicted molar refractivity (Wildman–Crippen MR) is 58.7 cm³/mol. The summed E-state index contributed by atoms with van der Waals surface area (Å²) in [6.45, 7) is 0.668. The van der Waals surface area contributed by atoms with Crippen molar-refractivity contribution in [1.29, 1.82) is 0 Å². The van der Waals surface area contributed by atoms with Gasteiger partial charge in [0.25, 0.3) is 5.69 Å². The van der Waals surface area contributed by atoms with Crippen molar-refractivity contribution < 1.29 is 4.92 Å². The second kappa shape index (κ2) is 3.96. The van der Waals surface area contributed by atoms with Crippen LogP contribution in [0.1, 0.15) is 0 Å². The summed E-state index contributed by atoms with van der Waals surface area (Å²) in [6, 6.07) is 6.74. The maximum Gasteiger partial charge on any atom is 0.292 e. The second-order valence-corrected chi connectivity index (χ2v) is 3.17. The van der Waals surface area contributed by atoms with Crippen molar-refractivity contribution in [3.63, 3.8) is 0 Å². The molecule has 0 unspecified atom stereocenters.